The molecule has 1 aliphatic heterocycles. The molecule has 88 valence electrons. The fourth-order valence-corrected chi connectivity index (χ4v) is 1.92. The maximum absolute atomic E-state index is 12.8. The molecule has 0 aliphatic carbocycles. The van der Waals surface area contributed by atoms with Gasteiger partial charge in [0.2, 0.25) is 0 Å². The molecular weight excluding hydrogens is 207 g/mol. The van der Waals surface area contributed by atoms with E-state index in [0.29, 0.717) is 12.5 Å². The van der Waals surface area contributed by atoms with E-state index in [-0.39, 0.29) is 5.82 Å². The first-order valence-corrected chi connectivity index (χ1v) is 5.72. The van der Waals surface area contributed by atoms with Crippen LogP contribution in [0.4, 0.5) is 4.39 Å². The van der Waals surface area contributed by atoms with E-state index in [1.807, 2.05) is 0 Å². The minimum atomic E-state index is -0.273. The maximum atomic E-state index is 12.8. The summed E-state index contributed by atoms with van der Waals surface area (Å²) in [5.41, 5.74) is 0.895. The molecule has 16 heavy (non-hydrogen) atoms. The Bertz CT molecular complexity index is 327. The maximum Gasteiger partial charge on any atom is 0.141 e. The van der Waals surface area contributed by atoms with Crippen molar-refractivity contribution in [2.24, 2.45) is 5.92 Å². The third kappa shape index (κ3) is 3.54. The van der Waals surface area contributed by atoms with Crippen molar-refractivity contribution in [2.45, 2.75) is 19.4 Å². The van der Waals surface area contributed by atoms with Crippen LogP contribution in [0.5, 0.6) is 0 Å². The van der Waals surface area contributed by atoms with Crippen molar-refractivity contribution >= 4 is 0 Å². The zero-order valence-corrected chi connectivity index (χ0v) is 9.29. The Hall–Kier alpha value is -1.00. The standard InChI is InChI=1S/C12H17FN2O/c13-12-5-11(8-15-9-12)7-14-6-10-1-3-16-4-2-10/h5,8-10,14H,1-4,6-7H2. The first kappa shape index (κ1) is 11.5. The van der Waals surface area contributed by atoms with Crippen LogP contribution in [-0.4, -0.2) is 24.7 Å². The van der Waals surface area contributed by atoms with Gasteiger partial charge in [-0.3, -0.25) is 4.98 Å². The van der Waals surface area contributed by atoms with Gasteiger partial charge in [0.1, 0.15) is 5.82 Å². The summed E-state index contributed by atoms with van der Waals surface area (Å²) in [6, 6.07) is 1.52. The highest BCUT2D eigenvalue weighted by atomic mass is 19.1. The lowest BCUT2D eigenvalue weighted by atomic mass is 10.0. The average Bonchev–Trinajstić information content (AvgIpc) is 2.30. The van der Waals surface area contributed by atoms with Gasteiger partial charge in [0.25, 0.3) is 0 Å². The molecule has 2 rings (SSSR count). The Labute approximate surface area is 95.0 Å². The number of pyridine rings is 1. The molecule has 1 aromatic rings. The molecule has 0 bridgehead atoms. The second kappa shape index (κ2) is 5.92. The zero-order chi connectivity index (χ0) is 11.2. The number of ether oxygens (including phenoxy) is 1. The topological polar surface area (TPSA) is 34.2 Å². The van der Waals surface area contributed by atoms with Gasteiger partial charge in [0.15, 0.2) is 0 Å². The van der Waals surface area contributed by atoms with E-state index in [2.05, 4.69) is 10.3 Å². The summed E-state index contributed by atoms with van der Waals surface area (Å²) in [6.07, 6.45) is 5.16. The molecule has 0 spiro atoms. The lowest BCUT2D eigenvalue weighted by molar-refractivity contribution is 0.0662. The largest absolute Gasteiger partial charge is 0.381 e. The Morgan fingerprint density at radius 2 is 2.19 bits per heavy atom. The predicted octanol–water partition coefficient (Wildman–Crippen LogP) is 1.74. The minimum Gasteiger partial charge on any atom is -0.381 e. The fourth-order valence-electron chi connectivity index (χ4n) is 1.92. The van der Waals surface area contributed by atoms with Gasteiger partial charge in [0, 0.05) is 26.0 Å². The van der Waals surface area contributed by atoms with Crippen LogP contribution in [0.15, 0.2) is 18.5 Å². The summed E-state index contributed by atoms with van der Waals surface area (Å²) in [6.45, 7) is 3.39. The van der Waals surface area contributed by atoms with E-state index in [1.165, 1.54) is 12.3 Å². The highest BCUT2D eigenvalue weighted by Gasteiger charge is 2.12. The molecule has 0 unspecified atom stereocenters. The Balaban J connectivity index is 1.71. The normalized spacial score (nSPS) is 17.6. The van der Waals surface area contributed by atoms with E-state index >= 15 is 0 Å². The molecule has 0 aromatic carbocycles. The summed E-state index contributed by atoms with van der Waals surface area (Å²) >= 11 is 0. The Kier molecular flexibility index (Phi) is 4.25. The number of halogens is 1. The SMILES string of the molecule is Fc1cncc(CNCC2CCOCC2)c1. The van der Waals surface area contributed by atoms with Crippen LogP contribution in [0, 0.1) is 11.7 Å². The third-order valence-corrected chi connectivity index (χ3v) is 2.86. The van der Waals surface area contributed by atoms with Crippen LogP contribution in [0.1, 0.15) is 18.4 Å². The molecule has 4 heteroatoms. The lowest BCUT2D eigenvalue weighted by Crippen LogP contribution is -2.27. The molecule has 0 amide bonds. The number of nitrogens with zero attached hydrogens (tertiary/aromatic N) is 1. The number of hydrogen-bond acceptors (Lipinski definition) is 3. The van der Waals surface area contributed by atoms with Gasteiger partial charge in [-0.1, -0.05) is 0 Å². The van der Waals surface area contributed by atoms with Crippen molar-refractivity contribution in [1.29, 1.82) is 0 Å². The van der Waals surface area contributed by atoms with Crippen LogP contribution >= 0.6 is 0 Å². The van der Waals surface area contributed by atoms with Gasteiger partial charge < -0.3 is 10.1 Å². The van der Waals surface area contributed by atoms with Crippen molar-refractivity contribution in [3.05, 3.63) is 29.8 Å². The second-order valence-electron chi connectivity index (χ2n) is 4.20. The van der Waals surface area contributed by atoms with Crippen molar-refractivity contribution in [2.75, 3.05) is 19.8 Å². The summed E-state index contributed by atoms with van der Waals surface area (Å²) < 4.78 is 18.1. The number of rotatable bonds is 4. The lowest BCUT2D eigenvalue weighted by Gasteiger charge is -2.22. The summed E-state index contributed by atoms with van der Waals surface area (Å²) in [5, 5.41) is 3.34. The highest BCUT2D eigenvalue weighted by Crippen LogP contribution is 2.13. The van der Waals surface area contributed by atoms with Crippen LogP contribution in [0.25, 0.3) is 0 Å². The van der Waals surface area contributed by atoms with E-state index < -0.39 is 0 Å². The number of aromatic nitrogens is 1. The number of hydrogen-bond donors (Lipinski definition) is 1. The van der Waals surface area contributed by atoms with E-state index in [4.69, 9.17) is 4.74 Å². The van der Waals surface area contributed by atoms with Gasteiger partial charge in [-0.05, 0) is 36.9 Å². The van der Waals surface area contributed by atoms with Gasteiger partial charge in [-0.25, -0.2) is 4.39 Å². The number of nitrogens with one attached hydrogen (secondary N) is 1. The van der Waals surface area contributed by atoms with Crippen LogP contribution in [-0.2, 0) is 11.3 Å². The van der Waals surface area contributed by atoms with Gasteiger partial charge in [0.05, 0.1) is 6.20 Å². The monoisotopic (exact) mass is 224 g/mol. The molecule has 0 atom stereocenters. The molecule has 2 heterocycles. The van der Waals surface area contributed by atoms with Crippen LogP contribution in [0.3, 0.4) is 0 Å². The molecular formula is C12H17FN2O. The predicted molar refractivity (Wildman–Crippen MR) is 59.4 cm³/mol. The van der Waals surface area contributed by atoms with Crippen LogP contribution in [0.2, 0.25) is 0 Å². The Morgan fingerprint density at radius 3 is 2.94 bits per heavy atom. The molecule has 1 aliphatic rings. The van der Waals surface area contributed by atoms with Gasteiger partial charge in [-0.15, -0.1) is 0 Å². The highest BCUT2D eigenvalue weighted by molar-refractivity contribution is 5.09. The average molecular weight is 224 g/mol. The molecule has 1 saturated heterocycles. The van der Waals surface area contributed by atoms with Gasteiger partial charge >= 0.3 is 0 Å². The van der Waals surface area contributed by atoms with E-state index in [0.717, 1.165) is 38.2 Å². The minimum absolute atomic E-state index is 0.273. The molecule has 1 N–H and O–H groups in total. The first-order chi connectivity index (χ1) is 7.84. The van der Waals surface area contributed by atoms with Crippen molar-refractivity contribution < 1.29 is 9.13 Å². The Morgan fingerprint density at radius 1 is 1.38 bits per heavy atom. The van der Waals surface area contributed by atoms with Gasteiger partial charge in [-0.2, -0.15) is 0 Å². The molecule has 1 fully saturated rings. The first-order valence-electron chi connectivity index (χ1n) is 5.72. The summed E-state index contributed by atoms with van der Waals surface area (Å²) in [5.74, 6) is 0.417. The fraction of sp³-hybridized carbons (Fsp3) is 0.583. The summed E-state index contributed by atoms with van der Waals surface area (Å²) in [7, 11) is 0. The van der Waals surface area contributed by atoms with Crippen molar-refractivity contribution in [3.63, 3.8) is 0 Å². The smallest absolute Gasteiger partial charge is 0.141 e. The third-order valence-electron chi connectivity index (χ3n) is 2.86. The van der Waals surface area contributed by atoms with E-state index in [9.17, 15) is 4.39 Å². The quantitative estimate of drug-likeness (QED) is 0.845. The van der Waals surface area contributed by atoms with Crippen molar-refractivity contribution in [1.82, 2.24) is 10.3 Å². The second-order valence-corrected chi connectivity index (χ2v) is 4.20. The summed E-state index contributed by atoms with van der Waals surface area (Å²) in [4.78, 5) is 3.81. The zero-order valence-electron chi connectivity index (χ0n) is 9.29. The van der Waals surface area contributed by atoms with E-state index in [1.54, 1.807) is 6.20 Å². The molecule has 0 saturated carbocycles. The van der Waals surface area contributed by atoms with Crippen molar-refractivity contribution in [3.8, 4) is 0 Å². The van der Waals surface area contributed by atoms with Crippen LogP contribution < -0.4 is 5.32 Å². The molecule has 3 nitrogen and oxygen atoms in total. The molecule has 1 aromatic heterocycles. The molecule has 0 radical (unpaired) electrons.